The number of aliphatic hydroxyl groups excluding tert-OH is 3. The van der Waals surface area contributed by atoms with Crippen LogP contribution in [0.1, 0.15) is 18.4 Å². The summed E-state index contributed by atoms with van der Waals surface area (Å²) in [4.78, 5) is 1.87. The monoisotopic (exact) mass is 451 g/mol. The maximum atomic E-state index is 11.8. The van der Waals surface area contributed by atoms with E-state index in [1.807, 2.05) is 29.2 Å². The molecule has 0 heterocycles. The number of hydrogen-bond donors (Lipinski definition) is 3. The van der Waals surface area contributed by atoms with Crippen molar-refractivity contribution >= 4 is 22.2 Å². The number of rotatable bonds is 14. The highest BCUT2D eigenvalue weighted by Gasteiger charge is 2.13. The van der Waals surface area contributed by atoms with Crippen LogP contribution in [0.4, 0.5) is 5.69 Å². The predicted molar refractivity (Wildman–Crippen MR) is 119 cm³/mol. The van der Waals surface area contributed by atoms with Gasteiger partial charge in [0.05, 0.1) is 25.9 Å². The Morgan fingerprint density at radius 2 is 1.61 bits per heavy atom. The standard InChI is InChI=1S/C22H29NO7S/c24-16-14-23(15-17-25)20-11-8-19(9-12-20)10-13-21(26)5-4-18-29-31(27,28)30-22-6-2-1-3-7-22/h1-3,6-13,21,24-26H,4-5,14-18H2/b13-10+. The highest BCUT2D eigenvalue weighted by Crippen LogP contribution is 2.16. The van der Waals surface area contributed by atoms with Gasteiger partial charge in [0.1, 0.15) is 5.75 Å². The van der Waals surface area contributed by atoms with Crippen molar-refractivity contribution in [1.82, 2.24) is 0 Å². The Labute approximate surface area is 183 Å². The van der Waals surface area contributed by atoms with Gasteiger partial charge in [0.2, 0.25) is 0 Å². The molecule has 3 N–H and O–H groups in total. The normalized spacial score (nSPS) is 12.7. The summed E-state index contributed by atoms with van der Waals surface area (Å²) in [6.07, 6.45) is 3.31. The second kappa shape index (κ2) is 13.1. The van der Waals surface area contributed by atoms with Crippen LogP contribution in [-0.2, 0) is 14.6 Å². The highest BCUT2D eigenvalue weighted by atomic mass is 32.3. The molecule has 2 rings (SSSR count). The molecular formula is C22H29NO7S. The Bertz CT molecular complexity index is 880. The van der Waals surface area contributed by atoms with E-state index in [9.17, 15) is 13.5 Å². The molecule has 1 unspecified atom stereocenters. The van der Waals surface area contributed by atoms with Crippen molar-refractivity contribution in [2.45, 2.75) is 18.9 Å². The SMILES string of the molecule is O=S(=O)(OCCCC(O)/C=C/c1ccc(N(CCO)CCO)cc1)Oc1ccccc1. The van der Waals surface area contributed by atoms with E-state index < -0.39 is 16.5 Å². The highest BCUT2D eigenvalue weighted by molar-refractivity contribution is 7.82. The van der Waals surface area contributed by atoms with Gasteiger partial charge in [-0.15, -0.1) is 0 Å². The van der Waals surface area contributed by atoms with Crippen molar-refractivity contribution in [2.75, 3.05) is 37.8 Å². The molecule has 0 aromatic heterocycles. The summed E-state index contributed by atoms with van der Waals surface area (Å²) < 4.78 is 33.1. The smallest absolute Gasteiger partial charge is 0.395 e. The number of nitrogens with zero attached hydrogens (tertiary/aromatic N) is 1. The quantitative estimate of drug-likeness (QED) is 0.373. The summed E-state index contributed by atoms with van der Waals surface area (Å²) in [5.74, 6) is 0.173. The van der Waals surface area contributed by atoms with Crippen molar-refractivity contribution in [3.63, 3.8) is 0 Å². The van der Waals surface area contributed by atoms with Crippen molar-refractivity contribution in [2.24, 2.45) is 0 Å². The summed E-state index contributed by atoms with van der Waals surface area (Å²) in [6.45, 7) is 0.764. The Hall–Kier alpha value is -2.43. The van der Waals surface area contributed by atoms with Crippen molar-refractivity contribution < 1.29 is 32.1 Å². The summed E-state index contributed by atoms with van der Waals surface area (Å²) in [7, 11) is -4.14. The molecule has 0 fully saturated rings. The maximum absolute atomic E-state index is 11.8. The van der Waals surface area contributed by atoms with Crippen molar-refractivity contribution in [3.8, 4) is 5.75 Å². The first-order chi connectivity index (χ1) is 14.9. The van der Waals surface area contributed by atoms with Gasteiger partial charge >= 0.3 is 10.4 Å². The number of aliphatic hydroxyl groups is 3. The van der Waals surface area contributed by atoms with Crippen LogP contribution in [0.15, 0.2) is 60.7 Å². The first kappa shape index (κ1) is 24.8. The second-order valence-corrected chi connectivity index (χ2v) is 7.94. The molecule has 0 bridgehead atoms. The molecule has 0 spiro atoms. The van der Waals surface area contributed by atoms with E-state index in [0.717, 1.165) is 11.3 Å². The lowest BCUT2D eigenvalue weighted by molar-refractivity contribution is 0.192. The van der Waals surface area contributed by atoms with E-state index >= 15 is 0 Å². The summed E-state index contributed by atoms with van der Waals surface area (Å²) in [6, 6.07) is 15.6. The Morgan fingerprint density at radius 3 is 2.23 bits per heavy atom. The molecule has 0 aliphatic heterocycles. The van der Waals surface area contributed by atoms with Crippen LogP contribution in [-0.4, -0.2) is 62.8 Å². The zero-order valence-corrected chi connectivity index (χ0v) is 18.0. The van der Waals surface area contributed by atoms with Crippen LogP contribution in [0.5, 0.6) is 5.75 Å². The van der Waals surface area contributed by atoms with Gasteiger partial charge in [0.15, 0.2) is 0 Å². The van der Waals surface area contributed by atoms with E-state index in [0.29, 0.717) is 25.9 Å². The Morgan fingerprint density at radius 1 is 0.968 bits per heavy atom. The first-order valence-electron chi connectivity index (χ1n) is 10.0. The Kier molecular flexibility index (Phi) is 10.5. The lowest BCUT2D eigenvalue weighted by Crippen LogP contribution is -2.29. The van der Waals surface area contributed by atoms with Gasteiger partial charge in [-0.2, -0.15) is 8.42 Å². The third-order valence-corrected chi connectivity index (χ3v) is 5.17. The molecule has 8 nitrogen and oxygen atoms in total. The molecule has 31 heavy (non-hydrogen) atoms. The van der Waals surface area contributed by atoms with Gasteiger partial charge < -0.3 is 24.4 Å². The topological polar surface area (TPSA) is 117 Å². The molecule has 0 radical (unpaired) electrons. The van der Waals surface area contributed by atoms with Crippen molar-refractivity contribution in [1.29, 1.82) is 0 Å². The number of para-hydroxylation sites is 1. The predicted octanol–water partition coefficient (Wildman–Crippen LogP) is 1.97. The molecular weight excluding hydrogens is 422 g/mol. The Balaban J connectivity index is 1.74. The third kappa shape index (κ3) is 9.50. The molecule has 170 valence electrons. The third-order valence-electron chi connectivity index (χ3n) is 4.32. The lowest BCUT2D eigenvalue weighted by Gasteiger charge is -2.22. The molecule has 0 saturated carbocycles. The van der Waals surface area contributed by atoms with E-state index in [2.05, 4.69) is 0 Å². The fourth-order valence-electron chi connectivity index (χ4n) is 2.80. The largest absolute Gasteiger partial charge is 0.449 e. The van der Waals surface area contributed by atoms with E-state index in [4.69, 9.17) is 18.6 Å². The minimum atomic E-state index is -4.14. The number of anilines is 1. The average molecular weight is 452 g/mol. The maximum Gasteiger partial charge on any atom is 0.449 e. The minimum Gasteiger partial charge on any atom is -0.395 e. The van der Waals surface area contributed by atoms with Crippen LogP contribution in [0.25, 0.3) is 6.08 Å². The van der Waals surface area contributed by atoms with Gasteiger partial charge in [-0.25, -0.2) is 4.18 Å². The first-order valence-corrected chi connectivity index (χ1v) is 11.3. The number of benzene rings is 2. The molecule has 0 saturated heterocycles. The summed E-state index contributed by atoms with van der Waals surface area (Å²) in [5, 5.41) is 28.3. The van der Waals surface area contributed by atoms with Crippen LogP contribution >= 0.6 is 0 Å². The van der Waals surface area contributed by atoms with Gasteiger partial charge in [0, 0.05) is 18.8 Å². The molecule has 0 aliphatic rings. The minimum absolute atomic E-state index is 0.00274. The lowest BCUT2D eigenvalue weighted by atomic mass is 10.1. The summed E-state index contributed by atoms with van der Waals surface area (Å²) in [5.41, 5.74) is 1.77. The van der Waals surface area contributed by atoms with Crippen LogP contribution < -0.4 is 9.08 Å². The van der Waals surface area contributed by atoms with E-state index in [1.54, 1.807) is 30.4 Å². The zero-order valence-electron chi connectivity index (χ0n) is 17.2. The van der Waals surface area contributed by atoms with Gasteiger partial charge in [0.25, 0.3) is 0 Å². The fraction of sp³-hybridized carbons (Fsp3) is 0.364. The molecule has 0 aliphatic carbocycles. The van der Waals surface area contributed by atoms with E-state index in [-0.39, 0.29) is 25.6 Å². The molecule has 1 atom stereocenters. The van der Waals surface area contributed by atoms with E-state index in [1.165, 1.54) is 12.1 Å². The average Bonchev–Trinajstić information content (AvgIpc) is 2.76. The van der Waals surface area contributed by atoms with Crippen LogP contribution in [0, 0.1) is 0 Å². The molecule has 2 aromatic rings. The van der Waals surface area contributed by atoms with Gasteiger partial charge in [-0.1, -0.05) is 42.5 Å². The van der Waals surface area contributed by atoms with Gasteiger partial charge in [-0.05, 0) is 42.7 Å². The van der Waals surface area contributed by atoms with Crippen LogP contribution in [0.3, 0.4) is 0 Å². The second-order valence-electron chi connectivity index (χ2n) is 6.72. The zero-order chi connectivity index (χ0) is 22.5. The molecule has 2 aromatic carbocycles. The molecule has 0 amide bonds. The molecule has 9 heteroatoms. The van der Waals surface area contributed by atoms with Crippen LogP contribution in [0.2, 0.25) is 0 Å². The van der Waals surface area contributed by atoms with Gasteiger partial charge in [-0.3, -0.25) is 0 Å². The number of hydrogen-bond acceptors (Lipinski definition) is 8. The summed E-state index contributed by atoms with van der Waals surface area (Å²) >= 11 is 0. The van der Waals surface area contributed by atoms with Crippen molar-refractivity contribution in [3.05, 3.63) is 66.2 Å². The fourth-order valence-corrected chi connectivity index (χ4v) is 3.51.